The van der Waals surface area contributed by atoms with E-state index in [1.807, 2.05) is 67.5 Å². The molecule has 0 fully saturated rings. The molecule has 160 valence electrons. The summed E-state index contributed by atoms with van der Waals surface area (Å²) in [7, 11) is 0. The topological polar surface area (TPSA) is 77.6 Å². The molecule has 1 atom stereocenters. The van der Waals surface area contributed by atoms with Crippen molar-refractivity contribution in [2.75, 3.05) is 0 Å². The third-order valence-electron chi connectivity index (χ3n) is 5.55. The zero-order chi connectivity index (χ0) is 22.1. The highest BCUT2D eigenvalue weighted by molar-refractivity contribution is 6.07. The van der Waals surface area contributed by atoms with Crippen LogP contribution in [0.3, 0.4) is 0 Å². The van der Waals surface area contributed by atoms with Crippen molar-refractivity contribution < 1.29 is 4.79 Å². The molecule has 1 N–H and O–H groups in total. The lowest BCUT2D eigenvalue weighted by Gasteiger charge is -2.14. The Kier molecular flexibility index (Phi) is 5.59. The Morgan fingerprint density at radius 3 is 2.45 bits per heavy atom. The molecule has 3 aromatic heterocycles. The van der Waals surface area contributed by atoms with Crippen molar-refractivity contribution in [3.8, 4) is 11.3 Å². The van der Waals surface area contributed by atoms with Gasteiger partial charge in [-0.25, -0.2) is 9.67 Å². The average molecular weight is 417 g/mol. The predicted molar refractivity (Wildman–Crippen MR) is 122 cm³/mol. The second kappa shape index (κ2) is 8.34. The summed E-state index contributed by atoms with van der Waals surface area (Å²) in [6.45, 7) is 11.5. The maximum atomic E-state index is 13.4. The van der Waals surface area contributed by atoms with Crippen molar-refractivity contribution in [3.05, 3.63) is 65.1 Å². The maximum absolute atomic E-state index is 13.4. The van der Waals surface area contributed by atoms with Crippen molar-refractivity contribution in [2.24, 2.45) is 0 Å². The molecule has 3 heterocycles. The third kappa shape index (κ3) is 3.95. The molecule has 4 rings (SSSR count). The van der Waals surface area contributed by atoms with Crippen LogP contribution in [0.5, 0.6) is 0 Å². The van der Waals surface area contributed by atoms with E-state index in [2.05, 4.69) is 34.6 Å². The van der Waals surface area contributed by atoms with Gasteiger partial charge in [-0.3, -0.25) is 9.48 Å². The van der Waals surface area contributed by atoms with Gasteiger partial charge in [0.25, 0.3) is 5.91 Å². The van der Waals surface area contributed by atoms with Gasteiger partial charge < -0.3 is 5.32 Å². The van der Waals surface area contributed by atoms with Gasteiger partial charge in [-0.2, -0.15) is 10.2 Å². The Bertz CT molecular complexity index is 1240. The Morgan fingerprint density at radius 1 is 1.06 bits per heavy atom. The van der Waals surface area contributed by atoms with Crippen LogP contribution in [0.2, 0.25) is 0 Å². The number of rotatable bonds is 6. The summed E-state index contributed by atoms with van der Waals surface area (Å²) in [5.41, 5.74) is 5.85. The Labute approximate surface area is 182 Å². The van der Waals surface area contributed by atoms with Gasteiger partial charge in [0, 0.05) is 24.8 Å². The number of pyridine rings is 1. The summed E-state index contributed by atoms with van der Waals surface area (Å²) in [5.74, 6) is -0.155. The van der Waals surface area contributed by atoms with E-state index in [0.717, 1.165) is 40.2 Å². The van der Waals surface area contributed by atoms with Gasteiger partial charge in [0.2, 0.25) is 0 Å². The van der Waals surface area contributed by atoms with E-state index in [-0.39, 0.29) is 11.9 Å². The minimum atomic E-state index is -0.215. The van der Waals surface area contributed by atoms with Crippen molar-refractivity contribution in [1.29, 1.82) is 0 Å². The number of aromatic nitrogens is 5. The zero-order valence-corrected chi connectivity index (χ0v) is 18.7. The van der Waals surface area contributed by atoms with Gasteiger partial charge in [0.15, 0.2) is 5.65 Å². The number of amides is 1. The summed E-state index contributed by atoms with van der Waals surface area (Å²) >= 11 is 0. The SMILES string of the molecule is CCn1ccc([C@H](C)NC(=O)c2cc(-c3ccc(C)cc3)nc3c2c(C)nn3CC)n1. The number of aryl methyl sites for hydroxylation is 4. The molecule has 0 aliphatic heterocycles. The number of hydrogen-bond acceptors (Lipinski definition) is 4. The second-order valence-corrected chi connectivity index (χ2v) is 7.81. The highest BCUT2D eigenvalue weighted by Gasteiger charge is 2.22. The average Bonchev–Trinajstić information content (AvgIpc) is 3.38. The molecular weight excluding hydrogens is 388 g/mol. The van der Waals surface area contributed by atoms with Crippen LogP contribution in [-0.4, -0.2) is 30.5 Å². The van der Waals surface area contributed by atoms with E-state index in [4.69, 9.17) is 4.98 Å². The van der Waals surface area contributed by atoms with Gasteiger partial charge in [0.1, 0.15) is 0 Å². The van der Waals surface area contributed by atoms with Crippen LogP contribution in [0, 0.1) is 13.8 Å². The lowest BCUT2D eigenvalue weighted by molar-refractivity contribution is 0.0940. The van der Waals surface area contributed by atoms with E-state index < -0.39 is 0 Å². The molecule has 0 radical (unpaired) electrons. The van der Waals surface area contributed by atoms with Crippen molar-refractivity contribution in [1.82, 2.24) is 29.9 Å². The largest absolute Gasteiger partial charge is 0.344 e. The number of hydrogen-bond donors (Lipinski definition) is 1. The highest BCUT2D eigenvalue weighted by Crippen LogP contribution is 2.28. The van der Waals surface area contributed by atoms with Gasteiger partial charge >= 0.3 is 0 Å². The van der Waals surface area contributed by atoms with Gasteiger partial charge in [0.05, 0.1) is 34.1 Å². The van der Waals surface area contributed by atoms with Crippen LogP contribution < -0.4 is 5.32 Å². The quantitative estimate of drug-likeness (QED) is 0.504. The molecule has 7 heteroatoms. The van der Waals surface area contributed by atoms with Crippen LogP contribution in [0.4, 0.5) is 0 Å². The normalized spacial score (nSPS) is 12.3. The van der Waals surface area contributed by atoms with Gasteiger partial charge in [-0.1, -0.05) is 29.8 Å². The predicted octanol–water partition coefficient (Wildman–Crippen LogP) is 4.44. The van der Waals surface area contributed by atoms with Crippen molar-refractivity contribution >= 4 is 16.9 Å². The first-order valence-corrected chi connectivity index (χ1v) is 10.7. The number of nitrogens with one attached hydrogen (secondary N) is 1. The summed E-state index contributed by atoms with van der Waals surface area (Å²) in [5, 5.41) is 13.0. The van der Waals surface area contributed by atoms with E-state index in [1.165, 1.54) is 5.56 Å². The Balaban J connectivity index is 1.78. The first-order valence-electron chi connectivity index (χ1n) is 10.7. The van der Waals surface area contributed by atoms with E-state index in [9.17, 15) is 4.79 Å². The molecule has 31 heavy (non-hydrogen) atoms. The minimum Gasteiger partial charge on any atom is -0.344 e. The first kappa shape index (κ1) is 20.8. The molecule has 1 amide bonds. The smallest absolute Gasteiger partial charge is 0.252 e. The molecule has 0 saturated carbocycles. The lowest BCUT2D eigenvalue weighted by atomic mass is 10.0. The van der Waals surface area contributed by atoms with E-state index in [1.54, 1.807) is 0 Å². The molecule has 1 aromatic carbocycles. The number of carbonyl (C=O) groups excluding carboxylic acids is 1. The number of nitrogens with zero attached hydrogens (tertiary/aromatic N) is 5. The standard InChI is InChI=1S/C24H28N6O/c1-6-29-13-12-20(28-29)16(4)25-24(31)19-14-21(18-10-8-15(3)9-11-18)26-23-22(19)17(5)27-30(23)7-2/h8-14,16H,6-7H2,1-5H3,(H,25,31)/t16-/m0/s1. The zero-order valence-electron chi connectivity index (χ0n) is 18.7. The molecular formula is C24H28N6O. The fourth-order valence-corrected chi connectivity index (χ4v) is 3.76. The van der Waals surface area contributed by atoms with Crippen LogP contribution in [-0.2, 0) is 13.1 Å². The molecule has 0 unspecified atom stereocenters. The molecule has 0 aliphatic rings. The summed E-state index contributed by atoms with van der Waals surface area (Å²) in [4.78, 5) is 18.3. The van der Waals surface area contributed by atoms with Crippen LogP contribution in [0.15, 0.2) is 42.6 Å². The summed E-state index contributed by atoms with van der Waals surface area (Å²) in [6, 6.07) is 11.8. The molecule has 0 saturated heterocycles. The number of fused-ring (bicyclic) bond motifs is 1. The second-order valence-electron chi connectivity index (χ2n) is 7.81. The van der Waals surface area contributed by atoms with Crippen molar-refractivity contribution in [2.45, 2.75) is 53.8 Å². The lowest BCUT2D eigenvalue weighted by Crippen LogP contribution is -2.27. The van der Waals surface area contributed by atoms with Gasteiger partial charge in [-0.05, 0) is 46.8 Å². The summed E-state index contributed by atoms with van der Waals surface area (Å²) in [6.07, 6.45) is 1.92. The molecule has 0 spiro atoms. The molecule has 0 aliphatic carbocycles. The van der Waals surface area contributed by atoms with E-state index >= 15 is 0 Å². The van der Waals surface area contributed by atoms with Gasteiger partial charge in [-0.15, -0.1) is 0 Å². The molecule has 0 bridgehead atoms. The van der Waals surface area contributed by atoms with Crippen molar-refractivity contribution in [3.63, 3.8) is 0 Å². The minimum absolute atomic E-state index is 0.155. The van der Waals surface area contributed by atoms with E-state index in [0.29, 0.717) is 12.1 Å². The summed E-state index contributed by atoms with van der Waals surface area (Å²) < 4.78 is 3.71. The Hall–Kier alpha value is -3.48. The maximum Gasteiger partial charge on any atom is 0.252 e. The first-order chi connectivity index (χ1) is 14.9. The third-order valence-corrected chi connectivity index (χ3v) is 5.55. The van der Waals surface area contributed by atoms with Crippen LogP contribution in [0.25, 0.3) is 22.3 Å². The monoisotopic (exact) mass is 416 g/mol. The van der Waals surface area contributed by atoms with Crippen LogP contribution >= 0.6 is 0 Å². The number of benzene rings is 1. The Morgan fingerprint density at radius 2 is 1.81 bits per heavy atom. The highest BCUT2D eigenvalue weighted by atomic mass is 16.1. The molecule has 4 aromatic rings. The molecule has 7 nitrogen and oxygen atoms in total. The van der Waals surface area contributed by atoms with Crippen LogP contribution in [0.1, 0.15) is 54.1 Å². The fourth-order valence-electron chi connectivity index (χ4n) is 3.76. The number of carbonyl (C=O) groups is 1. The fraction of sp³-hybridized carbons (Fsp3) is 0.333.